The molecule has 0 fully saturated rings. The average molecular weight is 506 g/mol. The van der Waals surface area contributed by atoms with E-state index < -0.39 is 11.6 Å². The first kappa shape index (κ1) is 30.0. The largest absolute Gasteiger partial charge is 0.493 e. The van der Waals surface area contributed by atoms with E-state index in [0.717, 1.165) is 64.4 Å². The van der Waals surface area contributed by atoms with Crippen LogP contribution in [0.2, 0.25) is 0 Å². The molecule has 2 aromatic carbocycles. The van der Waals surface area contributed by atoms with Crippen LogP contribution in [0.5, 0.6) is 5.75 Å². The Morgan fingerprint density at radius 2 is 1.59 bits per heavy atom. The predicted octanol–water partition coefficient (Wildman–Crippen LogP) is 7.40. The Bertz CT molecular complexity index is 1230. The molecule has 1 aliphatic rings. The highest BCUT2D eigenvalue weighted by Gasteiger charge is 2.21. The van der Waals surface area contributed by atoms with Gasteiger partial charge in [-0.25, -0.2) is 0 Å². The Morgan fingerprint density at radius 3 is 2.19 bits per heavy atom. The van der Waals surface area contributed by atoms with Gasteiger partial charge in [0.25, 0.3) is 0 Å². The first-order valence-corrected chi connectivity index (χ1v) is 13.1. The summed E-state index contributed by atoms with van der Waals surface area (Å²) in [6, 6.07) is 12.6. The second-order valence-corrected chi connectivity index (χ2v) is 10.3. The Labute approximate surface area is 222 Å². The lowest BCUT2D eigenvalue weighted by Gasteiger charge is -2.21. The minimum absolute atomic E-state index is 0.0458. The highest BCUT2D eigenvalue weighted by Crippen LogP contribution is 2.38. The number of aromatic nitrogens is 1. The van der Waals surface area contributed by atoms with Crippen molar-refractivity contribution in [2.45, 2.75) is 87.2 Å². The number of aliphatic carboxylic acids is 1. The van der Waals surface area contributed by atoms with Crippen molar-refractivity contribution >= 4 is 5.97 Å². The SMILES string of the molecule is CC.CC(C)(C)O.Cc1ccc(-c2nc(C)c(CC(=O)O)c(-c3ccc4c(c3)CCCO4)c2C)cc1C. The Kier molecular flexibility index (Phi) is 10.4. The zero-order chi connectivity index (χ0) is 27.9. The summed E-state index contributed by atoms with van der Waals surface area (Å²) >= 11 is 0. The van der Waals surface area contributed by atoms with Gasteiger partial charge < -0.3 is 14.9 Å². The van der Waals surface area contributed by atoms with Crippen molar-refractivity contribution in [3.8, 4) is 28.1 Å². The number of carbonyl (C=O) groups is 1. The fourth-order valence-electron chi connectivity index (χ4n) is 4.29. The lowest BCUT2D eigenvalue weighted by atomic mass is 9.88. The van der Waals surface area contributed by atoms with E-state index in [9.17, 15) is 9.90 Å². The van der Waals surface area contributed by atoms with Gasteiger partial charge in [-0.15, -0.1) is 0 Å². The van der Waals surface area contributed by atoms with Crippen LogP contribution in [0.4, 0.5) is 0 Å². The summed E-state index contributed by atoms with van der Waals surface area (Å²) in [6.45, 7) is 18.1. The fourth-order valence-corrected chi connectivity index (χ4v) is 4.29. The molecule has 2 heterocycles. The number of nitrogens with zero attached hydrogens (tertiary/aromatic N) is 1. The molecule has 1 aliphatic heterocycles. The molecular weight excluding hydrogens is 462 g/mol. The van der Waals surface area contributed by atoms with Gasteiger partial charge in [-0.1, -0.05) is 32.0 Å². The van der Waals surface area contributed by atoms with Crippen LogP contribution >= 0.6 is 0 Å². The Hall–Kier alpha value is -3.18. The molecule has 0 unspecified atom stereocenters. The van der Waals surface area contributed by atoms with E-state index >= 15 is 0 Å². The minimum atomic E-state index is -0.847. The fraction of sp³-hybridized carbons (Fsp3) is 0.438. The average Bonchev–Trinajstić information content (AvgIpc) is 2.83. The third-order valence-electron chi connectivity index (χ3n) is 6.05. The summed E-state index contributed by atoms with van der Waals surface area (Å²) in [6.07, 6.45) is 1.93. The van der Waals surface area contributed by atoms with Crippen LogP contribution in [0.25, 0.3) is 22.4 Å². The molecule has 0 saturated carbocycles. The molecular formula is C32H43NO4. The van der Waals surface area contributed by atoms with E-state index in [1.807, 2.05) is 39.8 Å². The highest BCUT2D eigenvalue weighted by atomic mass is 16.5. The number of hydrogen-bond acceptors (Lipinski definition) is 4. The molecule has 0 amide bonds. The van der Waals surface area contributed by atoms with Crippen molar-refractivity contribution < 1.29 is 19.7 Å². The molecule has 2 N–H and O–H groups in total. The molecule has 37 heavy (non-hydrogen) atoms. The molecule has 5 heteroatoms. The van der Waals surface area contributed by atoms with Crippen LogP contribution in [0.1, 0.15) is 74.6 Å². The van der Waals surface area contributed by atoms with Crippen LogP contribution in [-0.2, 0) is 17.6 Å². The smallest absolute Gasteiger partial charge is 0.307 e. The molecule has 200 valence electrons. The summed E-state index contributed by atoms with van der Waals surface area (Å²) in [5.41, 5.74) is 9.67. The van der Waals surface area contributed by atoms with E-state index in [-0.39, 0.29) is 6.42 Å². The number of rotatable bonds is 4. The first-order chi connectivity index (χ1) is 17.3. The molecule has 5 nitrogen and oxygen atoms in total. The third kappa shape index (κ3) is 8.16. The molecule has 0 aliphatic carbocycles. The van der Waals surface area contributed by atoms with Crippen molar-refractivity contribution in [3.05, 3.63) is 69.9 Å². The van der Waals surface area contributed by atoms with E-state index in [1.54, 1.807) is 20.8 Å². The van der Waals surface area contributed by atoms with E-state index in [0.29, 0.717) is 0 Å². The standard InChI is InChI=1S/C26H27NO3.C4H10O.C2H6/c1-15-7-8-21(12-16(15)2)26-17(3)25(22(14-24(28)29)18(4)27-26)20-9-10-23-19(13-20)6-5-11-30-23;1-4(2,3)5;1-2/h7-10,12-13H,5-6,11,14H2,1-4H3,(H,28,29);5H,1-3H3;1-2H3. The maximum Gasteiger partial charge on any atom is 0.307 e. The van der Waals surface area contributed by atoms with Gasteiger partial charge in [0.05, 0.1) is 24.3 Å². The van der Waals surface area contributed by atoms with Gasteiger partial charge in [0.15, 0.2) is 0 Å². The predicted molar refractivity (Wildman–Crippen MR) is 153 cm³/mol. The molecule has 4 rings (SSSR count). The Morgan fingerprint density at radius 1 is 0.973 bits per heavy atom. The Balaban J connectivity index is 0.000000617. The molecule has 0 radical (unpaired) electrons. The van der Waals surface area contributed by atoms with Gasteiger partial charge in [-0.05, 0) is 118 Å². The number of fused-ring (bicyclic) bond motifs is 1. The number of benzene rings is 2. The van der Waals surface area contributed by atoms with Gasteiger partial charge in [-0.2, -0.15) is 0 Å². The van der Waals surface area contributed by atoms with Crippen LogP contribution in [-0.4, -0.2) is 33.4 Å². The van der Waals surface area contributed by atoms with Gasteiger partial charge in [0.1, 0.15) is 5.75 Å². The van der Waals surface area contributed by atoms with Crippen molar-refractivity contribution in [2.75, 3.05) is 6.61 Å². The van der Waals surface area contributed by atoms with Crippen molar-refractivity contribution in [1.82, 2.24) is 4.98 Å². The summed E-state index contributed by atoms with van der Waals surface area (Å²) < 4.78 is 5.77. The molecule has 1 aromatic heterocycles. The number of carboxylic acid groups (broad SMARTS) is 1. The van der Waals surface area contributed by atoms with Gasteiger partial charge >= 0.3 is 5.97 Å². The molecule has 3 aromatic rings. The highest BCUT2D eigenvalue weighted by molar-refractivity contribution is 5.83. The molecule has 0 spiro atoms. The first-order valence-electron chi connectivity index (χ1n) is 13.1. The van der Waals surface area contributed by atoms with E-state index in [4.69, 9.17) is 14.8 Å². The van der Waals surface area contributed by atoms with E-state index in [1.165, 1.54) is 16.7 Å². The van der Waals surface area contributed by atoms with Crippen LogP contribution in [0.3, 0.4) is 0 Å². The summed E-state index contributed by atoms with van der Waals surface area (Å²) in [5, 5.41) is 18.1. The summed E-state index contributed by atoms with van der Waals surface area (Å²) in [7, 11) is 0. The molecule has 0 atom stereocenters. The number of aryl methyl sites for hydroxylation is 4. The summed E-state index contributed by atoms with van der Waals surface area (Å²) in [4.78, 5) is 16.5. The number of aliphatic hydroxyl groups is 1. The second kappa shape index (κ2) is 12.9. The normalized spacial score (nSPS) is 12.3. The number of hydrogen-bond donors (Lipinski definition) is 2. The van der Waals surface area contributed by atoms with Gasteiger partial charge in [0, 0.05) is 11.3 Å². The molecule has 0 saturated heterocycles. The van der Waals surface area contributed by atoms with Gasteiger partial charge in [-0.3, -0.25) is 9.78 Å². The quantitative estimate of drug-likeness (QED) is 0.386. The van der Waals surface area contributed by atoms with Crippen LogP contribution in [0, 0.1) is 27.7 Å². The van der Waals surface area contributed by atoms with Crippen molar-refractivity contribution in [1.29, 1.82) is 0 Å². The third-order valence-corrected chi connectivity index (χ3v) is 6.05. The topological polar surface area (TPSA) is 79.7 Å². The maximum absolute atomic E-state index is 11.6. The number of carboxylic acids is 1. The number of pyridine rings is 1. The zero-order valence-electron chi connectivity index (χ0n) is 24.0. The van der Waals surface area contributed by atoms with Gasteiger partial charge in [0.2, 0.25) is 0 Å². The van der Waals surface area contributed by atoms with Crippen LogP contribution in [0.15, 0.2) is 36.4 Å². The lowest BCUT2D eigenvalue weighted by Crippen LogP contribution is -2.10. The van der Waals surface area contributed by atoms with Crippen LogP contribution < -0.4 is 4.74 Å². The number of ether oxygens (including phenoxy) is 1. The zero-order valence-corrected chi connectivity index (χ0v) is 24.0. The molecule has 0 bridgehead atoms. The maximum atomic E-state index is 11.6. The monoisotopic (exact) mass is 505 g/mol. The minimum Gasteiger partial charge on any atom is -0.493 e. The lowest BCUT2D eigenvalue weighted by molar-refractivity contribution is -0.136. The van der Waals surface area contributed by atoms with Crippen molar-refractivity contribution in [2.24, 2.45) is 0 Å². The summed E-state index contributed by atoms with van der Waals surface area (Å²) in [5.74, 6) is 0.0865. The van der Waals surface area contributed by atoms with Crippen molar-refractivity contribution in [3.63, 3.8) is 0 Å². The van der Waals surface area contributed by atoms with E-state index in [2.05, 4.69) is 38.1 Å². The second-order valence-electron chi connectivity index (χ2n) is 10.3.